The molecule has 0 saturated carbocycles. The first-order valence-electron chi connectivity index (χ1n) is 8.75. The lowest BCUT2D eigenvalue weighted by Gasteiger charge is -2.16. The van der Waals surface area contributed by atoms with E-state index in [1.165, 1.54) is 5.56 Å². The minimum atomic E-state index is -3.42. The molecular formula is C19H23N3O2S2. The number of nitrogens with one attached hydrogen (secondary N) is 2. The molecule has 1 aliphatic heterocycles. The predicted molar refractivity (Wildman–Crippen MR) is 109 cm³/mol. The maximum Gasteiger partial charge on any atom is 0.243 e. The van der Waals surface area contributed by atoms with Crippen LogP contribution in [-0.2, 0) is 16.4 Å². The van der Waals surface area contributed by atoms with E-state index in [0.717, 1.165) is 19.3 Å². The van der Waals surface area contributed by atoms with E-state index < -0.39 is 10.0 Å². The average Bonchev–Trinajstić information content (AvgIpc) is 3.18. The molecule has 7 heteroatoms. The van der Waals surface area contributed by atoms with Crippen LogP contribution in [-0.4, -0.2) is 37.5 Å². The van der Waals surface area contributed by atoms with Gasteiger partial charge in [0.25, 0.3) is 0 Å². The molecule has 0 amide bonds. The molecule has 5 nitrogen and oxygen atoms in total. The Balaban J connectivity index is 1.57. The summed E-state index contributed by atoms with van der Waals surface area (Å²) in [6.07, 6.45) is 2.71. The number of thiocarbonyl (C=S) groups is 1. The van der Waals surface area contributed by atoms with E-state index in [1.807, 2.05) is 24.3 Å². The van der Waals surface area contributed by atoms with Crippen LogP contribution in [0.25, 0.3) is 0 Å². The van der Waals surface area contributed by atoms with Gasteiger partial charge in [-0.3, -0.25) is 0 Å². The minimum absolute atomic E-state index is 0.302. The van der Waals surface area contributed by atoms with Crippen LogP contribution in [0.3, 0.4) is 0 Å². The molecule has 138 valence electrons. The summed E-state index contributed by atoms with van der Waals surface area (Å²) in [5, 5.41) is 6.71. The molecule has 0 atom stereocenters. The fourth-order valence-electron chi connectivity index (χ4n) is 2.95. The Morgan fingerprint density at radius 2 is 1.77 bits per heavy atom. The highest BCUT2D eigenvalue weighted by Gasteiger charge is 2.27. The van der Waals surface area contributed by atoms with Gasteiger partial charge in [0.05, 0.1) is 4.90 Å². The fourth-order valence-corrected chi connectivity index (χ4v) is 4.74. The predicted octanol–water partition coefficient (Wildman–Crippen LogP) is 3.00. The number of hydrogen-bond acceptors (Lipinski definition) is 3. The summed E-state index contributed by atoms with van der Waals surface area (Å²) in [5.74, 6) is 0. The fraction of sp³-hybridized carbons (Fsp3) is 0.316. The minimum Gasteiger partial charge on any atom is -0.362 e. The number of sulfonamides is 1. The molecule has 0 bridgehead atoms. The summed E-state index contributed by atoms with van der Waals surface area (Å²) in [7, 11) is -3.42. The van der Waals surface area contributed by atoms with Crippen molar-refractivity contribution >= 4 is 33.0 Å². The first kappa shape index (κ1) is 18.8. The summed E-state index contributed by atoms with van der Waals surface area (Å²) in [6, 6.07) is 17.0. The Hall–Kier alpha value is -1.96. The number of hydrogen-bond donors (Lipinski definition) is 2. The first-order chi connectivity index (χ1) is 12.6. The van der Waals surface area contributed by atoms with Gasteiger partial charge in [-0.25, -0.2) is 8.42 Å². The molecule has 2 aromatic carbocycles. The second-order valence-corrected chi connectivity index (χ2v) is 8.60. The van der Waals surface area contributed by atoms with Crippen molar-refractivity contribution in [2.75, 3.05) is 25.0 Å². The quantitative estimate of drug-likeness (QED) is 0.744. The third kappa shape index (κ3) is 4.81. The van der Waals surface area contributed by atoms with Gasteiger partial charge in [0, 0.05) is 25.3 Å². The van der Waals surface area contributed by atoms with Crippen molar-refractivity contribution in [1.82, 2.24) is 9.62 Å². The Kier molecular flexibility index (Phi) is 6.24. The van der Waals surface area contributed by atoms with Gasteiger partial charge in [-0.2, -0.15) is 4.31 Å². The van der Waals surface area contributed by atoms with Crippen molar-refractivity contribution in [3.8, 4) is 0 Å². The molecule has 1 aliphatic rings. The average molecular weight is 390 g/mol. The molecule has 0 spiro atoms. The maximum atomic E-state index is 12.7. The normalized spacial score (nSPS) is 14.9. The molecule has 1 fully saturated rings. The monoisotopic (exact) mass is 389 g/mol. The number of anilines is 1. The number of rotatable bonds is 6. The van der Waals surface area contributed by atoms with Crippen LogP contribution in [0.4, 0.5) is 5.69 Å². The van der Waals surface area contributed by atoms with Crippen LogP contribution in [0, 0.1) is 0 Å². The molecule has 0 aliphatic carbocycles. The highest BCUT2D eigenvalue weighted by atomic mass is 32.2. The SMILES string of the molecule is O=S(=O)(c1cccc(NC(=S)NCCc2ccccc2)c1)N1CCCC1. The Morgan fingerprint density at radius 3 is 2.50 bits per heavy atom. The lowest BCUT2D eigenvalue weighted by atomic mass is 10.1. The highest BCUT2D eigenvalue weighted by Crippen LogP contribution is 2.23. The van der Waals surface area contributed by atoms with Gasteiger partial charge in [0.15, 0.2) is 5.11 Å². The molecule has 0 unspecified atom stereocenters. The molecule has 0 aromatic heterocycles. The van der Waals surface area contributed by atoms with E-state index in [-0.39, 0.29) is 0 Å². The maximum absolute atomic E-state index is 12.7. The Morgan fingerprint density at radius 1 is 1.04 bits per heavy atom. The molecule has 2 N–H and O–H groups in total. The second-order valence-electron chi connectivity index (χ2n) is 6.26. The molecule has 1 heterocycles. The number of benzene rings is 2. The van der Waals surface area contributed by atoms with Crippen molar-refractivity contribution in [2.24, 2.45) is 0 Å². The molecule has 3 rings (SSSR count). The van der Waals surface area contributed by atoms with Crippen LogP contribution in [0.2, 0.25) is 0 Å². The van der Waals surface area contributed by atoms with Crippen molar-refractivity contribution < 1.29 is 8.42 Å². The number of nitrogens with zero attached hydrogens (tertiary/aromatic N) is 1. The summed E-state index contributed by atoms with van der Waals surface area (Å²) in [5.41, 5.74) is 1.91. The van der Waals surface area contributed by atoms with Gasteiger partial charge < -0.3 is 10.6 Å². The summed E-state index contributed by atoms with van der Waals surface area (Å²) in [6.45, 7) is 1.90. The molecule has 2 aromatic rings. The van der Waals surface area contributed by atoms with E-state index in [2.05, 4.69) is 22.8 Å². The van der Waals surface area contributed by atoms with E-state index in [9.17, 15) is 8.42 Å². The van der Waals surface area contributed by atoms with E-state index >= 15 is 0 Å². The van der Waals surface area contributed by atoms with Gasteiger partial charge in [0.1, 0.15) is 0 Å². The van der Waals surface area contributed by atoms with Gasteiger partial charge in [-0.1, -0.05) is 36.4 Å². The van der Waals surface area contributed by atoms with E-state index in [4.69, 9.17) is 12.2 Å². The summed E-state index contributed by atoms with van der Waals surface area (Å²) in [4.78, 5) is 0.302. The standard InChI is InChI=1S/C19H23N3O2S2/c23-26(24,22-13-4-5-14-22)18-10-6-9-17(15-18)21-19(25)20-12-11-16-7-2-1-3-8-16/h1-3,6-10,15H,4-5,11-14H2,(H2,20,21,25). The highest BCUT2D eigenvalue weighted by molar-refractivity contribution is 7.89. The molecular weight excluding hydrogens is 366 g/mol. The zero-order valence-electron chi connectivity index (χ0n) is 14.5. The van der Waals surface area contributed by atoms with Gasteiger partial charge in [0.2, 0.25) is 10.0 Å². The van der Waals surface area contributed by atoms with Gasteiger partial charge in [-0.05, 0) is 55.2 Å². The molecule has 1 saturated heterocycles. The lowest BCUT2D eigenvalue weighted by Crippen LogP contribution is -2.30. The van der Waals surface area contributed by atoms with Crippen molar-refractivity contribution in [1.29, 1.82) is 0 Å². The largest absolute Gasteiger partial charge is 0.362 e. The van der Waals surface area contributed by atoms with Crippen LogP contribution in [0.1, 0.15) is 18.4 Å². The van der Waals surface area contributed by atoms with Gasteiger partial charge in [-0.15, -0.1) is 0 Å². The smallest absolute Gasteiger partial charge is 0.243 e. The Bertz CT molecular complexity index is 848. The molecule has 0 radical (unpaired) electrons. The first-order valence-corrected chi connectivity index (χ1v) is 10.6. The summed E-state index contributed by atoms with van der Waals surface area (Å²) >= 11 is 5.31. The van der Waals surface area contributed by atoms with Crippen LogP contribution >= 0.6 is 12.2 Å². The van der Waals surface area contributed by atoms with E-state index in [0.29, 0.717) is 35.3 Å². The molecule has 26 heavy (non-hydrogen) atoms. The lowest BCUT2D eigenvalue weighted by molar-refractivity contribution is 0.477. The third-order valence-corrected chi connectivity index (χ3v) is 6.48. The van der Waals surface area contributed by atoms with Crippen molar-refractivity contribution in [2.45, 2.75) is 24.2 Å². The second kappa shape index (κ2) is 8.62. The van der Waals surface area contributed by atoms with Crippen LogP contribution < -0.4 is 10.6 Å². The van der Waals surface area contributed by atoms with Crippen molar-refractivity contribution in [3.63, 3.8) is 0 Å². The van der Waals surface area contributed by atoms with Crippen molar-refractivity contribution in [3.05, 3.63) is 60.2 Å². The van der Waals surface area contributed by atoms with Crippen LogP contribution in [0.15, 0.2) is 59.5 Å². The Labute approximate surface area is 160 Å². The zero-order valence-corrected chi connectivity index (χ0v) is 16.2. The van der Waals surface area contributed by atoms with E-state index in [1.54, 1.807) is 22.5 Å². The zero-order chi connectivity index (χ0) is 18.4. The van der Waals surface area contributed by atoms with Crippen LogP contribution in [0.5, 0.6) is 0 Å². The summed E-state index contributed by atoms with van der Waals surface area (Å²) < 4.78 is 26.8. The topological polar surface area (TPSA) is 61.4 Å². The third-order valence-electron chi connectivity index (χ3n) is 4.34. The van der Waals surface area contributed by atoms with Gasteiger partial charge >= 0.3 is 0 Å².